The van der Waals surface area contributed by atoms with Gasteiger partial charge in [-0.2, -0.15) is 0 Å². The Morgan fingerprint density at radius 1 is 1.18 bits per heavy atom. The molecule has 4 heteroatoms. The summed E-state index contributed by atoms with van der Waals surface area (Å²) in [5, 5.41) is 4.03. The van der Waals surface area contributed by atoms with Gasteiger partial charge in [-0.15, -0.1) is 0 Å². The van der Waals surface area contributed by atoms with Crippen molar-refractivity contribution in [1.29, 1.82) is 0 Å². The molecule has 2 rings (SSSR count). The van der Waals surface area contributed by atoms with Crippen molar-refractivity contribution in [2.24, 2.45) is 0 Å². The largest absolute Gasteiger partial charge is 0.357 e. The van der Waals surface area contributed by atoms with Gasteiger partial charge in [-0.1, -0.05) is 6.92 Å². The standard InChI is InChI=1S/C18H25N3O/c1-5-8-18(22)19-14-9-10-16-15(12-14)13(4)11-17(20-16)21(6-2)7-3/h9-12H,5-8H2,1-4H3,(H,19,22). The number of carbonyl (C=O) groups excluding carboxylic acids is 1. The van der Waals surface area contributed by atoms with E-state index < -0.39 is 0 Å². The van der Waals surface area contributed by atoms with Crippen LogP contribution in [-0.2, 0) is 4.79 Å². The zero-order valence-corrected chi connectivity index (χ0v) is 13.9. The van der Waals surface area contributed by atoms with E-state index in [1.165, 1.54) is 5.56 Å². The highest BCUT2D eigenvalue weighted by Crippen LogP contribution is 2.25. The van der Waals surface area contributed by atoms with Gasteiger partial charge in [0.15, 0.2) is 0 Å². The molecule has 0 radical (unpaired) electrons. The summed E-state index contributed by atoms with van der Waals surface area (Å²) in [4.78, 5) is 18.7. The first-order valence-corrected chi connectivity index (χ1v) is 8.05. The van der Waals surface area contributed by atoms with Crippen LogP contribution in [0, 0.1) is 6.92 Å². The van der Waals surface area contributed by atoms with E-state index in [4.69, 9.17) is 4.98 Å². The molecule has 0 spiro atoms. The average molecular weight is 299 g/mol. The Morgan fingerprint density at radius 3 is 2.55 bits per heavy atom. The molecule has 0 saturated carbocycles. The number of rotatable bonds is 6. The van der Waals surface area contributed by atoms with Crippen molar-refractivity contribution in [3.8, 4) is 0 Å². The van der Waals surface area contributed by atoms with E-state index in [1.807, 2.05) is 25.1 Å². The Hall–Kier alpha value is -2.10. The number of carbonyl (C=O) groups is 1. The Kier molecular flexibility index (Phi) is 5.36. The molecule has 0 bridgehead atoms. The number of amides is 1. The van der Waals surface area contributed by atoms with Crippen molar-refractivity contribution in [1.82, 2.24) is 4.98 Å². The van der Waals surface area contributed by atoms with Gasteiger partial charge in [0.05, 0.1) is 5.52 Å². The maximum atomic E-state index is 11.7. The van der Waals surface area contributed by atoms with Crippen molar-refractivity contribution < 1.29 is 4.79 Å². The molecule has 1 aromatic carbocycles. The molecule has 0 saturated heterocycles. The van der Waals surface area contributed by atoms with Crippen molar-refractivity contribution in [3.63, 3.8) is 0 Å². The second-order valence-electron chi connectivity index (χ2n) is 5.50. The lowest BCUT2D eigenvalue weighted by Crippen LogP contribution is -2.23. The Labute approximate surface area is 132 Å². The highest BCUT2D eigenvalue weighted by molar-refractivity contribution is 5.94. The number of pyridine rings is 1. The minimum atomic E-state index is 0.0622. The van der Waals surface area contributed by atoms with Crippen molar-refractivity contribution >= 4 is 28.3 Å². The summed E-state index contributed by atoms with van der Waals surface area (Å²) in [6.45, 7) is 10.3. The average Bonchev–Trinajstić information content (AvgIpc) is 2.49. The first-order valence-electron chi connectivity index (χ1n) is 8.05. The number of aromatic nitrogens is 1. The van der Waals surface area contributed by atoms with Crippen LogP contribution in [0.15, 0.2) is 24.3 Å². The Bertz CT molecular complexity index is 663. The third-order valence-electron chi connectivity index (χ3n) is 3.85. The molecule has 0 aliphatic carbocycles. The molecule has 1 aromatic heterocycles. The van der Waals surface area contributed by atoms with E-state index in [2.05, 4.69) is 37.1 Å². The van der Waals surface area contributed by atoms with Crippen molar-refractivity contribution in [2.75, 3.05) is 23.3 Å². The van der Waals surface area contributed by atoms with Gasteiger partial charge in [-0.3, -0.25) is 4.79 Å². The van der Waals surface area contributed by atoms with Gasteiger partial charge in [0.25, 0.3) is 0 Å². The van der Waals surface area contributed by atoms with Crippen LogP contribution in [0.25, 0.3) is 10.9 Å². The third-order valence-corrected chi connectivity index (χ3v) is 3.85. The van der Waals surface area contributed by atoms with Gasteiger partial charge >= 0.3 is 0 Å². The van der Waals surface area contributed by atoms with Crippen LogP contribution in [0.4, 0.5) is 11.5 Å². The minimum absolute atomic E-state index is 0.0622. The third kappa shape index (κ3) is 3.56. The van der Waals surface area contributed by atoms with Crippen LogP contribution < -0.4 is 10.2 Å². The fourth-order valence-corrected chi connectivity index (χ4v) is 2.61. The van der Waals surface area contributed by atoms with E-state index in [0.717, 1.165) is 41.9 Å². The van der Waals surface area contributed by atoms with Gasteiger partial charge in [-0.25, -0.2) is 4.98 Å². The number of nitrogens with zero attached hydrogens (tertiary/aromatic N) is 2. The number of benzene rings is 1. The normalized spacial score (nSPS) is 10.7. The maximum absolute atomic E-state index is 11.7. The maximum Gasteiger partial charge on any atom is 0.224 e. The number of hydrogen-bond donors (Lipinski definition) is 1. The van der Waals surface area contributed by atoms with Crippen LogP contribution in [0.2, 0.25) is 0 Å². The number of nitrogens with one attached hydrogen (secondary N) is 1. The number of aryl methyl sites for hydroxylation is 1. The summed E-state index contributed by atoms with van der Waals surface area (Å²) in [5.41, 5.74) is 2.99. The summed E-state index contributed by atoms with van der Waals surface area (Å²) >= 11 is 0. The molecule has 0 atom stereocenters. The SMILES string of the molecule is CCCC(=O)Nc1ccc2nc(N(CC)CC)cc(C)c2c1. The molecule has 1 amide bonds. The quantitative estimate of drug-likeness (QED) is 0.872. The molecule has 0 unspecified atom stereocenters. The zero-order valence-electron chi connectivity index (χ0n) is 13.9. The first-order chi connectivity index (χ1) is 10.6. The van der Waals surface area contributed by atoms with Gasteiger partial charge in [-0.05, 0) is 57.0 Å². The number of fused-ring (bicyclic) bond motifs is 1. The van der Waals surface area contributed by atoms with E-state index in [-0.39, 0.29) is 5.91 Å². The second kappa shape index (κ2) is 7.25. The molecular formula is C18H25N3O. The molecule has 0 aliphatic rings. The topological polar surface area (TPSA) is 45.2 Å². The van der Waals surface area contributed by atoms with Gasteiger partial charge in [0.2, 0.25) is 5.91 Å². The molecular weight excluding hydrogens is 274 g/mol. The van der Waals surface area contributed by atoms with Crippen LogP contribution in [0.1, 0.15) is 39.2 Å². The highest BCUT2D eigenvalue weighted by Gasteiger charge is 2.09. The monoisotopic (exact) mass is 299 g/mol. The van der Waals surface area contributed by atoms with Crippen LogP contribution in [-0.4, -0.2) is 24.0 Å². The van der Waals surface area contributed by atoms with E-state index >= 15 is 0 Å². The fraction of sp³-hybridized carbons (Fsp3) is 0.444. The fourth-order valence-electron chi connectivity index (χ4n) is 2.61. The summed E-state index contributed by atoms with van der Waals surface area (Å²) in [5.74, 6) is 1.07. The summed E-state index contributed by atoms with van der Waals surface area (Å²) in [6, 6.07) is 8.04. The lowest BCUT2D eigenvalue weighted by molar-refractivity contribution is -0.116. The highest BCUT2D eigenvalue weighted by atomic mass is 16.1. The molecule has 118 valence electrons. The minimum Gasteiger partial charge on any atom is -0.357 e. The summed E-state index contributed by atoms with van der Waals surface area (Å²) < 4.78 is 0. The predicted molar refractivity (Wildman–Crippen MR) is 93.6 cm³/mol. The molecule has 2 aromatic rings. The van der Waals surface area contributed by atoms with Crippen molar-refractivity contribution in [3.05, 3.63) is 29.8 Å². The molecule has 0 fully saturated rings. The first kappa shape index (κ1) is 16.3. The predicted octanol–water partition coefficient (Wildman–Crippen LogP) is 4.13. The molecule has 0 aliphatic heterocycles. The molecule has 1 N–H and O–H groups in total. The summed E-state index contributed by atoms with van der Waals surface area (Å²) in [7, 11) is 0. The molecule has 4 nitrogen and oxygen atoms in total. The van der Waals surface area contributed by atoms with Crippen LogP contribution >= 0.6 is 0 Å². The van der Waals surface area contributed by atoms with E-state index in [1.54, 1.807) is 0 Å². The van der Waals surface area contributed by atoms with Gasteiger partial charge in [0, 0.05) is 30.6 Å². The Balaban J connectivity index is 2.36. The van der Waals surface area contributed by atoms with E-state index in [0.29, 0.717) is 6.42 Å². The Morgan fingerprint density at radius 2 is 1.91 bits per heavy atom. The smallest absolute Gasteiger partial charge is 0.224 e. The van der Waals surface area contributed by atoms with Gasteiger partial charge in [0.1, 0.15) is 5.82 Å². The molecule has 1 heterocycles. The summed E-state index contributed by atoms with van der Waals surface area (Å²) in [6.07, 6.45) is 1.41. The van der Waals surface area contributed by atoms with Crippen molar-refractivity contribution in [2.45, 2.75) is 40.5 Å². The lowest BCUT2D eigenvalue weighted by Gasteiger charge is -2.21. The lowest BCUT2D eigenvalue weighted by atomic mass is 10.1. The van der Waals surface area contributed by atoms with Crippen LogP contribution in [0.5, 0.6) is 0 Å². The van der Waals surface area contributed by atoms with E-state index in [9.17, 15) is 4.79 Å². The zero-order chi connectivity index (χ0) is 16.1. The number of anilines is 2. The molecule has 22 heavy (non-hydrogen) atoms. The van der Waals surface area contributed by atoms with Crippen LogP contribution in [0.3, 0.4) is 0 Å². The second-order valence-corrected chi connectivity index (χ2v) is 5.50. The van der Waals surface area contributed by atoms with Gasteiger partial charge < -0.3 is 10.2 Å². The number of hydrogen-bond acceptors (Lipinski definition) is 3.